The fourth-order valence-electron chi connectivity index (χ4n) is 1.86. The van der Waals surface area contributed by atoms with Crippen LogP contribution in [0.1, 0.15) is 39.7 Å². The molecule has 0 radical (unpaired) electrons. The Morgan fingerprint density at radius 1 is 1.14 bits per heavy atom. The molecule has 3 nitrogen and oxygen atoms in total. The summed E-state index contributed by atoms with van der Waals surface area (Å²) in [5.41, 5.74) is 1.22. The molecule has 0 unspecified atom stereocenters. The molecule has 0 aliphatic carbocycles. The van der Waals surface area contributed by atoms with Crippen molar-refractivity contribution in [2.75, 3.05) is 24.7 Å². The van der Waals surface area contributed by atoms with Crippen LogP contribution in [-0.4, -0.2) is 30.8 Å². The molecule has 0 heterocycles. The molecule has 1 aromatic carbocycles. The molecule has 4 heteroatoms. The van der Waals surface area contributed by atoms with Crippen LogP contribution >= 0.6 is 11.8 Å². The van der Waals surface area contributed by atoms with E-state index in [0.29, 0.717) is 12.6 Å². The molecule has 0 aliphatic heterocycles. The van der Waals surface area contributed by atoms with Crippen LogP contribution < -0.4 is 14.8 Å². The first-order chi connectivity index (χ1) is 10.2. The number of hydrogen-bond acceptors (Lipinski definition) is 4. The second-order valence-corrected chi connectivity index (χ2v) is 6.54. The average Bonchev–Trinajstić information content (AvgIpc) is 2.47. The van der Waals surface area contributed by atoms with E-state index in [9.17, 15) is 0 Å². The van der Waals surface area contributed by atoms with Crippen molar-refractivity contribution in [2.24, 2.45) is 0 Å². The van der Waals surface area contributed by atoms with Gasteiger partial charge >= 0.3 is 0 Å². The molecule has 0 fully saturated rings. The van der Waals surface area contributed by atoms with Gasteiger partial charge in [0.05, 0.1) is 13.2 Å². The van der Waals surface area contributed by atoms with Gasteiger partial charge in [-0.1, -0.05) is 26.8 Å². The number of hydrogen-bond donors (Lipinski definition) is 1. The highest BCUT2D eigenvalue weighted by molar-refractivity contribution is 7.99. The molecule has 0 saturated heterocycles. The fourth-order valence-corrected chi connectivity index (χ4v) is 2.47. The van der Waals surface area contributed by atoms with Gasteiger partial charge in [0, 0.05) is 12.6 Å². The number of rotatable bonds is 11. The average molecular weight is 311 g/mol. The lowest BCUT2D eigenvalue weighted by atomic mass is 10.2. The van der Waals surface area contributed by atoms with Crippen LogP contribution in [0.15, 0.2) is 18.2 Å². The number of thioether (sulfide) groups is 1. The van der Waals surface area contributed by atoms with Gasteiger partial charge in [-0.25, -0.2) is 0 Å². The van der Waals surface area contributed by atoms with Crippen LogP contribution in [0, 0.1) is 0 Å². The first-order valence-corrected chi connectivity index (χ1v) is 9.02. The molecule has 1 N–H and O–H groups in total. The minimum atomic E-state index is 0.479. The maximum Gasteiger partial charge on any atom is 0.161 e. The highest BCUT2D eigenvalue weighted by atomic mass is 32.2. The highest BCUT2D eigenvalue weighted by Crippen LogP contribution is 2.28. The molecule has 0 spiro atoms. The SMILES string of the molecule is CCOc1cc(CNC(C)C)ccc1OCCCSCC. The van der Waals surface area contributed by atoms with Gasteiger partial charge in [-0.3, -0.25) is 0 Å². The maximum absolute atomic E-state index is 5.86. The van der Waals surface area contributed by atoms with E-state index >= 15 is 0 Å². The van der Waals surface area contributed by atoms with Crippen LogP contribution in [0.25, 0.3) is 0 Å². The molecule has 120 valence electrons. The summed E-state index contributed by atoms with van der Waals surface area (Å²) < 4.78 is 11.6. The third-order valence-electron chi connectivity index (χ3n) is 2.92. The Morgan fingerprint density at radius 3 is 2.62 bits per heavy atom. The molecular weight excluding hydrogens is 282 g/mol. The Labute approximate surface area is 133 Å². The lowest BCUT2D eigenvalue weighted by molar-refractivity contribution is 0.277. The van der Waals surface area contributed by atoms with E-state index in [1.807, 2.05) is 24.8 Å². The van der Waals surface area contributed by atoms with Crippen LogP contribution in [0.5, 0.6) is 11.5 Å². The molecule has 0 atom stereocenters. The zero-order valence-corrected chi connectivity index (χ0v) is 14.6. The predicted octanol–water partition coefficient (Wildman–Crippen LogP) is 4.11. The first-order valence-electron chi connectivity index (χ1n) is 7.87. The van der Waals surface area contributed by atoms with Gasteiger partial charge in [-0.15, -0.1) is 0 Å². The lowest BCUT2D eigenvalue weighted by Gasteiger charge is -2.14. The van der Waals surface area contributed by atoms with E-state index in [-0.39, 0.29) is 0 Å². The summed E-state index contributed by atoms with van der Waals surface area (Å²) in [7, 11) is 0. The summed E-state index contributed by atoms with van der Waals surface area (Å²) in [6, 6.07) is 6.69. The van der Waals surface area contributed by atoms with Crippen molar-refractivity contribution in [1.82, 2.24) is 5.32 Å². The van der Waals surface area contributed by atoms with Crippen molar-refractivity contribution in [1.29, 1.82) is 0 Å². The predicted molar refractivity (Wildman–Crippen MR) is 92.7 cm³/mol. The molecule has 1 aromatic rings. The topological polar surface area (TPSA) is 30.5 Å². The Morgan fingerprint density at radius 2 is 1.95 bits per heavy atom. The highest BCUT2D eigenvalue weighted by Gasteiger charge is 2.07. The first kappa shape index (κ1) is 18.2. The Bertz CT molecular complexity index is 396. The number of nitrogens with one attached hydrogen (secondary N) is 1. The smallest absolute Gasteiger partial charge is 0.161 e. The van der Waals surface area contributed by atoms with Gasteiger partial charge in [-0.05, 0) is 42.5 Å². The minimum absolute atomic E-state index is 0.479. The largest absolute Gasteiger partial charge is 0.490 e. The fraction of sp³-hybridized carbons (Fsp3) is 0.647. The second kappa shape index (κ2) is 10.8. The van der Waals surface area contributed by atoms with Crippen molar-refractivity contribution >= 4 is 11.8 Å². The van der Waals surface area contributed by atoms with Crippen molar-refractivity contribution < 1.29 is 9.47 Å². The quantitative estimate of drug-likeness (QED) is 0.623. The van der Waals surface area contributed by atoms with Gasteiger partial charge in [-0.2, -0.15) is 11.8 Å². The van der Waals surface area contributed by atoms with Crippen molar-refractivity contribution in [3.05, 3.63) is 23.8 Å². The van der Waals surface area contributed by atoms with Gasteiger partial charge in [0.2, 0.25) is 0 Å². The van der Waals surface area contributed by atoms with Crippen LogP contribution in [-0.2, 0) is 6.54 Å². The molecule has 0 aromatic heterocycles. The minimum Gasteiger partial charge on any atom is -0.490 e. The standard InChI is InChI=1S/C17H29NO2S/c1-5-19-17-12-15(13-18-14(3)4)8-9-16(17)20-10-7-11-21-6-2/h8-9,12,14,18H,5-7,10-11,13H2,1-4H3. The third-order valence-corrected chi connectivity index (χ3v) is 3.90. The normalized spacial score (nSPS) is 10.9. The summed E-state index contributed by atoms with van der Waals surface area (Å²) in [6.07, 6.45) is 1.07. The molecule has 0 amide bonds. The summed E-state index contributed by atoms with van der Waals surface area (Å²) in [5, 5.41) is 3.42. The second-order valence-electron chi connectivity index (χ2n) is 5.15. The Balaban J connectivity index is 2.56. The van der Waals surface area contributed by atoms with Crippen molar-refractivity contribution in [3.63, 3.8) is 0 Å². The Kier molecular flexibility index (Phi) is 9.35. The van der Waals surface area contributed by atoms with Crippen LogP contribution in [0.2, 0.25) is 0 Å². The van der Waals surface area contributed by atoms with E-state index in [0.717, 1.165) is 36.8 Å². The molecule has 0 aliphatic rings. The van der Waals surface area contributed by atoms with Crippen molar-refractivity contribution in [2.45, 2.75) is 46.7 Å². The molecular formula is C17H29NO2S. The Hall–Kier alpha value is -0.870. The zero-order valence-electron chi connectivity index (χ0n) is 13.8. The summed E-state index contributed by atoms with van der Waals surface area (Å²) >= 11 is 1.95. The molecule has 21 heavy (non-hydrogen) atoms. The molecule has 0 bridgehead atoms. The van der Waals surface area contributed by atoms with E-state index < -0.39 is 0 Å². The van der Waals surface area contributed by atoms with Gasteiger partial charge in [0.25, 0.3) is 0 Å². The van der Waals surface area contributed by atoms with Gasteiger partial charge < -0.3 is 14.8 Å². The zero-order chi connectivity index (χ0) is 15.5. The molecule has 1 rings (SSSR count). The third kappa shape index (κ3) is 7.63. The van der Waals surface area contributed by atoms with Crippen molar-refractivity contribution in [3.8, 4) is 11.5 Å². The van der Waals surface area contributed by atoms with Crippen LogP contribution in [0.4, 0.5) is 0 Å². The van der Waals surface area contributed by atoms with E-state index in [2.05, 4.69) is 38.2 Å². The van der Waals surface area contributed by atoms with E-state index in [1.165, 1.54) is 11.3 Å². The summed E-state index contributed by atoms with van der Waals surface area (Å²) in [5.74, 6) is 4.02. The summed E-state index contributed by atoms with van der Waals surface area (Å²) in [6.45, 7) is 10.7. The van der Waals surface area contributed by atoms with Gasteiger partial charge in [0.15, 0.2) is 11.5 Å². The van der Waals surface area contributed by atoms with E-state index in [1.54, 1.807) is 0 Å². The lowest BCUT2D eigenvalue weighted by Crippen LogP contribution is -2.21. The summed E-state index contributed by atoms with van der Waals surface area (Å²) in [4.78, 5) is 0. The molecule has 0 saturated carbocycles. The maximum atomic E-state index is 5.86. The van der Waals surface area contributed by atoms with Crippen LogP contribution in [0.3, 0.4) is 0 Å². The number of ether oxygens (including phenoxy) is 2. The number of benzene rings is 1. The van der Waals surface area contributed by atoms with E-state index in [4.69, 9.17) is 9.47 Å². The van der Waals surface area contributed by atoms with Gasteiger partial charge in [0.1, 0.15) is 0 Å². The monoisotopic (exact) mass is 311 g/mol.